The summed E-state index contributed by atoms with van der Waals surface area (Å²) in [6.07, 6.45) is 1.08. The van der Waals surface area contributed by atoms with Crippen molar-refractivity contribution in [2.45, 2.75) is 25.8 Å². The van der Waals surface area contributed by atoms with Gasteiger partial charge in [-0.2, -0.15) is 0 Å². The summed E-state index contributed by atoms with van der Waals surface area (Å²) >= 11 is 0. The second-order valence-electron chi connectivity index (χ2n) is 8.58. The van der Waals surface area contributed by atoms with Crippen LogP contribution in [0.15, 0.2) is 78.9 Å². The van der Waals surface area contributed by atoms with Gasteiger partial charge in [0.25, 0.3) is 0 Å². The second-order valence-corrected chi connectivity index (χ2v) is 8.58. The number of carboxylic acid groups (broad SMARTS) is 1. The number of carbonyl (C=O) groups is 2. The molecule has 0 bridgehead atoms. The van der Waals surface area contributed by atoms with Crippen LogP contribution in [0.5, 0.6) is 0 Å². The van der Waals surface area contributed by atoms with Crippen molar-refractivity contribution in [3.63, 3.8) is 0 Å². The molecule has 1 heterocycles. The Morgan fingerprint density at radius 3 is 2.00 bits per heavy atom. The number of carboxylic acids is 1. The molecule has 6 nitrogen and oxygen atoms in total. The van der Waals surface area contributed by atoms with Crippen molar-refractivity contribution in [3.05, 3.63) is 95.6 Å². The number of rotatable bonds is 8. The Labute approximate surface area is 200 Å². The van der Waals surface area contributed by atoms with Gasteiger partial charge in [-0.1, -0.05) is 67.6 Å². The summed E-state index contributed by atoms with van der Waals surface area (Å²) in [5.74, 6) is -1.21. The van der Waals surface area contributed by atoms with E-state index in [9.17, 15) is 14.7 Å². The van der Waals surface area contributed by atoms with E-state index in [-0.39, 0.29) is 17.5 Å². The molecule has 3 aromatic carbocycles. The van der Waals surface area contributed by atoms with Crippen LogP contribution in [0.1, 0.15) is 47.3 Å². The third-order valence-corrected chi connectivity index (χ3v) is 6.26. The van der Waals surface area contributed by atoms with Crippen molar-refractivity contribution in [3.8, 4) is 0 Å². The van der Waals surface area contributed by atoms with Crippen LogP contribution in [0, 0.1) is 0 Å². The van der Waals surface area contributed by atoms with Gasteiger partial charge < -0.3 is 15.3 Å². The molecule has 6 heteroatoms. The third kappa shape index (κ3) is 5.46. The fraction of sp³-hybridized carbons (Fsp3) is 0.286. The maximum atomic E-state index is 12.0. The lowest BCUT2D eigenvalue weighted by atomic mass is 9.96. The highest BCUT2D eigenvalue weighted by Gasteiger charge is 2.27. The molecule has 0 unspecified atom stereocenters. The molecule has 0 radical (unpaired) electrons. The molecule has 3 aromatic rings. The Balaban J connectivity index is 1.51. The maximum absolute atomic E-state index is 12.0. The number of hydrogen-bond acceptors (Lipinski definition) is 4. The highest BCUT2D eigenvalue weighted by Crippen LogP contribution is 2.31. The van der Waals surface area contributed by atoms with E-state index in [1.54, 1.807) is 12.1 Å². The predicted molar refractivity (Wildman–Crippen MR) is 135 cm³/mol. The summed E-state index contributed by atoms with van der Waals surface area (Å²) in [6.45, 7) is 5.20. The van der Waals surface area contributed by atoms with Crippen LogP contribution in [0.25, 0.3) is 0 Å². The van der Waals surface area contributed by atoms with Gasteiger partial charge in [-0.3, -0.25) is 9.69 Å². The SMILES string of the molecule is CCCC(=O)Nc1ccc(N2CCN(C(c3ccccc3)c3ccccc3)CC2)cc1C(=O)O. The predicted octanol–water partition coefficient (Wildman–Crippen LogP) is 5.04. The first-order chi connectivity index (χ1) is 16.6. The topological polar surface area (TPSA) is 72.9 Å². The second kappa shape index (κ2) is 11.0. The first kappa shape index (κ1) is 23.5. The molecule has 1 fully saturated rings. The number of nitrogens with one attached hydrogen (secondary N) is 1. The van der Waals surface area contributed by atoms with E-state index in [4.69, 9.17) is 0 Å². The number of benzene rings is 3. The first-order valence-corrected chi connectivity index (χ1v) is 11.8. The summed E-state index contributed by atoms with van der Waals surface area (Å²) in [4.78, 5) is 28.6. The van der Waals surface area contributed by atoms with E-state index >= 15 is 0 Å². The van der Waals surface area contributed by atoms with E-state index < -0.39 is 5.97 Å². The number of aromatic carboxylic acids is 1. The summed E-state index contributed by atoms with van der Waals surface area (Å²) in [5.41, 5.74) is 3.86. The Morgan fingerprint density at radius 1 is 0.882 bits per heavy atom. The fourth-order valence-corrected chi connectivity index (χ4v) is 4.58. The highest BCUT2D eigenvalue weighted by atomic mass is 16.4. The largest absolute Gasteiger partial charge is 0.478 e. The molecule has 2 N–H and O–H groups in total. The quantitative estimate of drug-likeness (QED) is 0.496. The zero-order valence-electron chi connectivity index (χ0n) is 19.5. The minimum atomic E-state index is -1.04. The molecule has 1 aliphatic rings. The molecule has 0 aromatic heterocycles. The molecule has 0 aliphatic carbocycles. The van der Waals surface area contributed by atoms with Crippen LogP contribution in [-0.4, -0.2) is 48.1 Å². The molecule has 1 aliphatic heterocycles. The summed E-state index contributed by atoms with van der Waals surface area (Å²) in [5, 5.41) is 12.5. The van der Waals surface area contributed by atoms with Crippen molar-refractivity contribution in [1.29, 1.82) is 0 Å². The van der Waals surface area contributed by atoms with Crippen LogP contribution in [0.3, 0.4) is 0 Å². The van der Waals surface area contributed by atoms with Crippen molar-refractivity contribution in [1.82, 2.24) is 4.90 Å². The molecular weight excluding hydrogens is 426 g/mol. The number of carbonyl (C=O) groups excluding carboxylic acids is 1. The molecule has 4 rings (SSSR count). The van der Waals surface area contributed by atoms with Crippen LogP contribution >= 0.6 is 0 Å². The number of nitrogens with zero attached hydrogens (tertiary/aromatic N) is 2. The van der Waals surface area contributed by atoms with Gasteiger partial charge in [0.2, 0.25) is 5.91 Å². The van der Waals surface area contributed by atoms with Gasteiger partial charge in [0.15, 0.2) is 0 Å². The monoisotopic (exact) mass is 457 g/mol. The average molecular weight is 458 g/mol. The Hall–Kier alpha value is -3.64. The average Bonchev–Trinajstić information content (AvgIpc) is 2.86. The molecule has 0 saturated carbocycles. The van der Waals surface area contributed by atoms with Crippen molar-refractivity contribution in [2.24, 2.45) is 0 Å². The molecule has 0 atom stereocenters. The normalized spacial score (nSPS) is 14.2. The van der Waals surface area contributed by atoms with E-state index in [1.165, 1.54) is 11.1 Å². The standard InChI is InChI=1S/C28H31N3O3/c1-2-9-26(32)29-25-15-14-23(20-24(25)28(33)34)30-16-18-31(19-17-30)27(21-10-5-3-6-11-21)22-12-7-4-8-13-22/h3-8,10-15,20,27H,2,9,16-19H2,1H3,(H,29,32)(H,33,34). The smallest absolute Gasteiger partial charge is 0.337 e. The summed E-state index contributed by atoms with van der Waals surface area (Å²) < 4.78 is 0. The van der Waals surface area contributed by atoms with Gasteiger partial charge in [-0.15, -0.1) is 0 Å². The van der Waals surface area contributed by atoms with Crippen molar-refractivity contribution in [2.75, 3.05) is 36.4 Å². The number of piperazine rings is 1. The van der Waals surface area contributed by atoms with Gasteiger partial charge in [0, 0.05) is 38.3 Å². The summed E-state index contributed by atoms with van der Waals surface area (Å²) in [6, 6.07) is 26.5. The lowest BCUT2D eigenvalue weighted by Gasteiger charge is -2.40. The van der Waals surface area contributed by atoms with Gasteiger partial charge in [-0.25, -0.2) is 4.79 Å². The van der Waals surface area contributed by atoms with Crippen LogP contribution in [0.4, 0.5) is 11.4 Å². The van der Waals surface area contributed by atoms with E-state index in [1.807, 2.05) is 25.1 Å². The zero-order chi connectivity index (χ0) is 23.9. The van der Waals surface area contributed by atoms with Crippen LogP contribution in [0.2, 0.25) is 0 Å². The first-order valence-electron chi connectivity index (χ1n) is 11.8. The van der Waals surface area contributed by atoms with Gasteiger partial charge in [0.05, 0.1) is 17.3 Å². The lowest BCUT2D eigenvalue weighted by molar-refractivity contribution is -0.116. The Morgan fingerprint density at radius 2 is 1.47 bits per heavy atom. The van der Waals surface area contributed by atoms with E-state index in [0.717, 1.165) is 31.9 Å². The fourth-order valence-electron chi connectivity index (χ4n) is 4.58. The van der Waals surface area contributed by atoms with E-state index in [0.29, 0.717) is 18.5 Å². The maximum Gasteiger partial charge on any atom is 0.337 e. The summed E-state index contributed by atoms with van der Waals surface area (Å²) in [7, 11) is 0. The minimum Gasteiger partial charge on any atom is -0.478 e. The lowest BCUT2D eigenvalue weighted by Crippen LogP contribution is -2.48. The Bertz CT molecular complexity index is 1070. The van der Waals surface area contributed by atoms with Crippen molar-refractivity contribution >= 4 is 23.3 Å². The number of anilines is 2. The van der Waals surface area contributed by atoms with Gasteiger partial charge >= 0.3 is 5.97 Å². The number of amides is 1. The van der Waals surface area contributed by atoms with Gasteiger partial charge in [0.1, 0.15) is 0 Å². The molecular formula is C28H31N3O3. The minimum absolute atomic E-state index is 0.121. The van der Waals surface area contributed by atoms with Gasteiger partial charge in [-0.05, 0) is 35.7 Å². The van der Waals surface area contributed by atoms with Crippen LogP contribution < -0.4 is 10.2 Å². The zero-order valence-corrected chi connectivity index (χ0v) is 19.5. The van der Waals surface area contributed by atoms with Crippen LogP contribution in [-0.2, 0) is 4.79 Å². The molecule has 34 heavy (non-hydrogen) atoms. The Kier molecular flexibility index (Phi) is 7.60. The molecule has 176 valence electrons. The number of hydrogen-bond donors (Lipinski definition) is 2. The highest BCUT2D eigenvalue weighted by molar-refractivity contribution is 6.01. The molecule has 1 amide bonds. The molecule has 0 spiro atoms. The van der Waals surface area contributed by atoms with Crippen molar-refractivity contribution < 1.29 is 14.7 Å². The third-order valence-electron chi connectivity index (χ3n) is 6.26. The van der Waals surface area contributed by atoms with E-state index in [2.05, 4.69) is 63.6 Å². The molecule has 1 saturated heterocycles.